The van der Waals surface area contributed by atoms with Crippen molar-refractivity contribution in [3.8, 4) is 0 Å². The summed E-state index contributed by atoms with van der Waals surface area (Å²) in [6.07, 6.45) is 1.36. The summed E-state index contributed by atoms with van der Waals surface area (Å²) in [6.45, 7) is 0. The molecule has 0 saturated heterocycles. The maximum Gasteiger partial charge on any atom is 0.231 e. The van der Waals surface area contributed by atoms with Crippen LogP contribution in [0.5, 0.6) is 0 Å². The fourth-order valence-electron chi connectivity index (χ4n) is 1.97. The molecule has 0 bridgehead atoms. The van der Waals surface area contributed by atoms with Crippen LogP contribution in [0.4, 0.5) is 11.4 Å². The van der Waals surface area contributed by atoms with Crippen LogP contribution in [-0.4, -0.2) is 27.6 Å². The van der Waals surface area contributed by atoms with Crippen LogP contribution in [0, 0.1) is 0 Å². The number of anilines is 2. The van der Waals surface area contributed by atoms with Gasteiger partial charge in [-0.05, 0) is 35.9 Å². The van der Waals surface area contributed by atoms with Crippen LogP contribution in [0.25, 0.3) is 0 Å². The molecule has 0 saturated carbocycles. The molecular weight excluding hydrogens is 380 g/mol. The average molecular weight is 397 g/mol. The van der Waals surface area contributed by atoms with Crippen LogP contribution in [0.15, 0.2) is 53.0 Å². The van der Waals surface area contributed by atoms with Crippen LogP contribution in [0.1, 0.15) is 5.56 Å². The van der Waals surface area contributed by atoms with Gasteiger partial charge in [-0.1, -0.05) is 34.1 Å². The molecule has 23 heavy (non-hydrogen) atoms. The van der Waals surface area contributed by atoms with Crippen molar-refractivity contribution in [1.29, 1.82) is 0 Å². The molecule has 0 unspecified atom stereocenters. The van der Waals surface area contributed by atoms with Crippen molar-refractivity contribution >= 4 is 43.2 Å². The van der Waals surface area contributed by atoms with Crippen molar-refractivity contribution in [1.82, 2.24) is 0 Å². The van der Waals surface area contributed by atoms with Gasteiger partial charge in [0, 0.05) is 17.2 Å². The van der Waals surface area contributed by atoms with Crippen molar-refractivity contribution in [2.24, 2.45) is 0 Å². The second-order valence-electron chi connectivity index (χ2n) is 5.13. The topological polar surface area (TPSA) is 66.5 Å². The molecule has 1 N–H and O–H groups in total. The smallest absolute Gasteiger partial charge is 0.231 e. The van der Waals surface area contributed by atoms with Crippen molar-refractivity contribution in [3.63, 3.8) is 0 Å². The third kappa shape index (κ3) is 5.07. The molecule has 0 aromatic heterocycles. The van der Waals surface area contributed by atoms with Gasteiger partial charge in [-0.2, -0.15) is 0 Å². The molecule has 2 aromatic rings. The molecule has 0 aliphatic heterocycles. The molecule has 0 aliphatic rings. The van der Waals surface area contributed by atoms with Gasteiger partial charge in [-0.3, -0.25) is 9.10 Å². The third-order valence-electron chi connectivity index (χ3n) is 3.27. The van der Waals surface area contributed by atoms with Gasteiger partial charge in [0.2, 0.25) is 15.9 Å². The van der Waals surface area contributed by atoms with E-state index < -0.39 is 10.0 Å². The van der Waals surface area contributed by atoms with Crippen LogP contribution in [0.2, 0.25) is 0 Å². The first-order chi connectivity index (χ1) is 10.8. The predicted molar refractivity (Wildman–Crippen MR) is 96.2 cm³/mol. The Labute approximate surface area is 144 Å². The Balaban J connectivity index is 2.02. The zero-order valence-electron chi connectivity index (χ0n) is 12.8. The molecule has 122 valence electrons. The second kappa shape index (κ2) is 7.14. The molecule has 2 aromatic carbocycles. The Morgan fingerprint density at radius 3 is 2.39 bits per heavy atom. The number of carbonyl (C=O) groups is 1. The molecule has 1 amide bonds. The highest BCUT2D eigenvalue weighted by molar-refractivity contribution is 9.10. The van der Waals surface area contributed by atoms with Gasteiger partial charge in [-0.25, -0.2) is 8.42 Å². The van der Waals surface area contributed by atoms with E-state index in [1.165, 1.54) is 11.4 Å². The van der Waals surface area contributed by atoms with Gasteiger partial charge < -0.3 is 5.32 Å². The van der Waals surface area contributed by atoms with E-state index in [2.05, 4.69) is 21.2 Å². The third-order valence-corrected chi connectivity index (χ3v) is 4.97. The van der Waals surface area contributed by atoms with E-state index in [4.69, 9.17) is 0 Å². The fraction of sp³-hybridized carbons (Fsp3) is 0.188. The Hall–Kier alpha value is -1.86. The summed E-state index contributed by atoms with van der Waals surface area (Å²) in [5, 5.41) is 2.82. The molecule has 0 atom stereocenters. The number of hydrogen-bond donors (Lipinski definition) is 1. The van der Waals surface area contributed by atoms with E-state index in [1.807, 2.05) is 24.3 Å². The molecule has 0 spiro atoms. The number of hydrogen-bond acceptors (Lipinski definition) is 3. The lowest BCUT2D eigenvalue weighted by atomic mass is 10.1. The summed E-state index contributed by atoms with van der Waals surface area (Å²) in [7, 11) is -1.80. The molecule has 0 heterocycles. The van der Waals surface area contributed by atoms with Crippen LogP contribution in [0.3, 0.4) is 0 Å². The van der Waals surface area contributed by atoms with Crippen molar-refractivity contribution in [3.05, 3.63) is 58.6 Å². The maximum atomic E-state index is 12.0. The van der Waals surface area contributed by atoms with Crippen molar-refractivity contribution in [2.75, 3.05) is 22.9 Å². The van der Waals surface area contributed by atoms with E-state index in [0.717, 1.165) is 22.0 Å². The van der Waals surface area contributed by atoms with Gasteiger partial charge in [0.15, 0.2) is 0 Å². The van der Waals surface area contributed by atoms with Gasteiger partial charge in [0.25, 0.3) is 0 Å². The summed E-state index contributed by atoms with van der Waals surface area (Å²) in [4.78, 5) is 12.0. The molecule has 7 heteroatoms. The highest BCUT2D eigenvalue weighted by atomic mass is 79.9. The predicted octanol–water partition coefficient (Wildman–Crippen LogP) is 3.03. The summed E-state index contributed by atoms with van der Waals surface area (Å²) >= 11 is 3.35. The summed E-state index contributed by atoms with van der Waals surface area (Å²) in [5.41, 5.74) is 2.09. The van der Waals surface area contributed by atoms with Crippen LogP contribution >= 0.6 is 15.9 Å². The van der Waals surface area contributed by atoms with Crippen molar-refractivity contribution < 1.29 is 13.2 Å². The molecule has 5 nitrogen and oxygen atoms in total. The Kier molecular flexibility index (Phi) is 5.43. The molecule has 0 aliphatic carbocycles. The second-order valence-corrected chi connectivity index (χ2v) is 8.06. The Morgan fingerprint density at radius 1 is 1.17 bits per heavy atom. The SMILES string of the molecule is CN(c1ccc(CC(=O)Nc2cccc(Br)c2)cc1)S(C)(=O)=O. The van der Waals surface area contributed by atoms with E-state index in [0.29, 0.717) is 5.69 Å². The minimum Gasteiger partial charge on any atom is -0.326 e. The average Bonchev–Trinajstić information content (AvgIpc) is 2.46. The highest BCUT2D eigenvalue weighted by Gasteiger charge is 2.12. The molecule has 0 fully saturated rings. The normalized spacial score (nSPS) is 11.1. The van der Waals surface area contributed by atoms with Crippen LogP contribution < -0.4 is 9.62 Å². The number of halogens is 1. The Morgan fingerprint density at radius 2 is 1.83 bits per heavy atom. The monoisotopic (exact) mass is 396 g/mol. The van der Waals surface area contributed by atoms with Gasteiger partial charge in [0.1, 0.15) is 0 Å². The van der Waals surface area contributed by atoms with E-state index in [-0.39, 0.29) is 12.3 Å². The molecule has 2 rings (SSSR count). The summed E-state index contributed by atoms with van der Waals surface area (Å²) in [6, 6.07) is 14.2. The first kappa shape index (κ1) is 17.5. The minimum absolute atomic E-state index is 0.132. The number of nitrogens with one attached hydrogen (secondary N) is 1. The summed E-state index contributed by atoms with van der Waals surface area (Å²) in [5.74, 6) is -0.132. The standard InChI is InChI=1S/C16H17BrN2O3S/c1-19(23(2,21)22)15-8-6-12(7-9-15)10-16(20)18-14-5-3-4-13(17)11-14/h3-9,11H,10H2,1-2H3,(H,18,20). The number of rotatable bonds is 5. The lowest BCUT2D eigenvalue weighted by Gasteiger charge is -2.16. The minimum atomic E-state index is -3.29. The van der Waals surface area contributed by atoms with Crippen LogP contribution in [-0.2, 0) is 21.2 Å². The zero-order chi connectivity index (χ0) is 17.0. The first-order valence-corrected chi connectivity index (χ1v) is 9.48. The largest absolute Gasteiger partial charge is 0.326 e. The van der Waals surface area contributed by atoms with Gasteiger partial charge in [0.05, 0.1) is 18.4 Å². The quantitative estimate of drug-likeness (QED) is 0.844. The van der Waals surface area contributed by atoms with E-state index in [1.54, 1.807) is 24.3 Å². The first-order valence-electron chi connectivity index (χ1n) is 6.84. The van der Waals surface area contributed by atoms with Crippen molar-refractivity contribution in [2.45, 2.75) is 6.42 Å². The lowest BCUT2D eigenvalue weighted by Crippen LogP contribution is -2.24. The van der Waals surface area contributed by atoms with E-state index >= 15 is 0 Å². The van der Waals surface area contributed by atoms with Gasteiger partial charge in [-0.15, -0.1) is 0 Å². The number of amides is 1. The number of carbonyl (C=O) groups excluding carboxylic acids is 1. The maximum absolute atomic E-state index is 12.0. The summed E-state index contributed by atoms with van der Waals surface area (Å²) < 4.78 is 25.1. The zero-order valence-corrected chi connectivity index (χ0v) is 15.2. The fourth-order valence-corrected chi connectivity index (χ4v) is 2.88. The Bertz CT molecular complexity index is 804. The van der Waals surface area contributed by atoms with E-state index in [9.17, 15) is 13.2 Å². The highest BCUT2D eigenvalue weighted by Crippen LogP contribution is 2.18. The van der Waals surface area contributed by atoms with Gasteiger partial charge >= 0.3 is 0 Å². The number of benzene rings is 2. The lowest BCUT2D eigenvalue weighted by molar-refractivity contribution is -0.115. The molecular formula is C16H17BrN2O3S. The number of sulfonamides is 1. The molecule has 0 radical (unpaired) electrons. The number of nitrogens with zero attached hydrogens (tertiary/aromatic N) is 1.